The highest BCUT2D eigenvalue weighted by molar-refractivity contribution is 6.01. The van der Waals surface area contributed by atoms with Crippen LogP contribution in [0.2, 0.25) is 0 Å². The zero-order chi connectivity index (χ0) is 16.4. The number of hydrogen-bond donors (Lipinski definition) is 3. The third-order valence-electron chi connectivity index (χ3n) is 4.93. The predicted octanol–water partition coefficient (Wildman–Crippen LogP) is 1.84. The zero-order valence-electron chi connectivity index (χ0n) is 13.5. The van der Waals surface area contributed by atoms with Crippen molar-refractivity contribution in [3.63, 3.8) is 0 Å². The summed E-state index contributed by atoms with van der Waals surface area (Å²) in [4.78, 5) is 25.5. The van der Waals surface area contributed by atoms with Crippen molar-refractivity contribution >= 4 is 23.3 Å². The number of likely N-dealkylation sites (N-methyl/N-ethyl adjacent to an activating group) is 1. The minimum Gasteiger partial charge on any atom is -0.335 e. The number of anilines is 2. The molecule has 6 heteroatoms. The Labute approximate surface area is 136 Å². The zero-order valence-corrected chi connectivity index (χ0v) is 13.5. The van der Waals surface area contributed by atoms with Gasteiger partial charge < -0.3 is 21.3 Å². The topological polar surface area (TPSA) is 87.5 Å². The van der Waals surface area contributed by atoms with Gasteiger partial charge in [-0.15, -0.1) is 0 Å². The first-order chi connectivity index (χ1) is 11.1. The van der Waals surface area contributed by atoms with E-state index < -0.39 is 0 Å². The van der Waals surface area contributed by atoms with Gasteiger partial charge in [0.05, 0.1) is 6.42 Å². The van der Waals surface area contributed by atoms with Gasteiger partial charge in [0, 0.05) is 24.5 Å². The lowest BCUT2D eigenvalue weighted by atomic mass is 9.86. The fourth-order valence-electron chi connectivity index (χ4n) is 3.44. The molecule has 23 heavy (non-hydrogen) atoms. The third-order valence-corrected chi connectivity index (χ3v) is 4.93. The maximum atomic E-state index is 12.1. The molecule has 0 aromatic heterocycles. The van der Waals surface area contributed by atoms with E-state index in [4.69, 9.17) is 5.73 Å². The van der Waals surface area contributed by atoms with Crippen molar-refractivity contribution in [3.05, 3.63) is 23.8 Å². The molecule has 3 amide bonds. The fraction of sp³-hybridized carbons (Fsp3) is 0.529. The van der Waals surface area contributed by atoms with Crippen LogP contribution in [0.5, 0.6) is 0 Å². The molecule has 1 aromatic rings. The van der Waals surface area contributed by atoms with E-state index in [1.165, 1.54) is 0 Å². The van der Waals surface area contributed by atoms with E-state index in [0.29, 0.717) is 12.3 Å². The lowest BCUT2D eigenvalue weighted by molar-refractivity contribution is -0.117. The van der Waals surface area contributed by atoms with Crippen LogP contribution in [0, 0.1) is 5.92 Å². The molecule has 124 valence electrons. The van der Waals surface area contributed by atoms with Crippen LogP contribution < -0.4 is 21.3 Å². The largest absolute Gasteiger partial charge is 0.335 e. The summed E-state index contributed by atoms with van der Waals surface area (Å²) in [7, 11) is 1.77. The number of nitrogens with one attached hydrogen (secondary N) is 2. The number of carbonyl (C=O) groups excluding carboxylic acids is 2. The normalized spacial score (nSPS) is 23.6. The first kappa shape index (κ1) is 15.8. The van der Waals surface area contributed by atoms with Gasteiger partial charge in [0.25, 0.3) is 0 Å². The lowest BCUT2D eigenvalue weighted by Crippen LogP contribution is -2.40. The Balaban J connectivity index is 1.55. The van der Waals surface area contributed by atoms with Gasteiger partial charge in [-0.25, -0.2) is 4.79 Å². The summed E-state index contributed by atoms with van der Waals surface area (Å²) in [6.07, 6.45) is 4.52. The first-order valence-corrected chi connectivity index (χ1v) is 8.24. The summed E-state index contributed by atoms with van der Waals surface area (Å²) in [5, 5.41) is 5.90. The van der Waals surface area contributed by atoms with Gasteiger partial charge in [-0.05, 0) is 61.9 Å². The molecule has 2 aliphatic rings. The smallest absolute Gasteiger partial charge is 0.319 e. The van der Waals surface area contributed by atoms with Gasteiger partial charge in [-0.3, -0.25) is 4.79 Å². The molecule has 0 bridgehead atoms. The van der Waals surface area contributed by atoms with Crippen LogP contribution in [0.4, 0.5) is 16.2 Å². The molecular formula is C17H24N4O2. The number of amides is 3. The van der Waals surface area contributed by atoms with Crippen LogP contribution in [0.15, 0.2) is 18.2 Å². The molecule has 1 aliphatic carbocycles. The van der Waals surface area contributed by atoms with Gasteiger partial charge in [-0.2, -0.15) is 0 Å². The highest BCUT2D eigenvalue weighted by atomic mass is 16.2. The van der Waals surface area contributed by atoms with Gasteiger partial charge in [0.2, 0.25) is 5.91 Å². The van der Waals surface area contributed by atoms with E-state index in [1.54, 1.807) is 11.9 Å². The Morgan fingerprint density at radius 1 is 1.30 bits per heavy atom. The van der Waals surface area contributed by atoms with E-state index in [-0.39, 0.29) is 18.0 Å². The number of rotatable bonds is 3. The number of carbonyl (C=O) groups is 2. The quantitative estimate of drug-likeness (QED) is 0.795. The lowest BCUT2D eigenvalue weighted by Gasteiger charge is -2.28. The highest BCUT2D eigenvalue weighted by Gasteiger charge is 2.24. The number of benzene rings is 1. The Morgan fingerprint density at radius 3 is 2.74 bits per heavy atom. The Morgan fingerprint density at radius 2 is 2.04 bits per heavy atom. The van der Waals surface area contributed by atoms with E-state index in [9.17, 15) is 9.59 Å². The number of hydrogen-bond acceptors (Lipinski definition) is 3. The molecule has 1 aromatic carbocycles. The summed E-state index contributed by atoms with van der Waals surface area (Å²) in [6, 6.07) is 5.63. The highest BCUT2D eigenvalue weighted by Crippen LogP contribution is 2.30. The Bertz CT molecular complexity index is 609. The molecule has 0 spiro atoms. The fourth-order valence-corrected chi connectivity index (χ4v) is 3.44. The molecule has 0 radical (unpaired) electrons. The van der Waals surface area contributed by atoms with Crippen LogP contribution in [-0.4, -0.2) is 31.6 Å². The SMILES string of the molecule is CN1C(=O)Cc2cc(NC(=O)NC3CCC(CN)CC3)ccc21. The van der Waals surface area contributed by atoms with E-state index in [2.05, 4.69) is 10.6 Å². The molecule has 1 heterocycles. The van der Waals surface area contributed by atoms with Crippen LogP contribution in [-0.2, 0) is 11.2 Å². The molecule has 0 atom stereocenters. The number of urea groups is 1. The molecule has 1 saturated carbocycles. The summed E-state index contributed by atoms with van der Waals surface area (Å²) in [6.45, 7) is 0.737. The molecule has 6 nitrogen and oxygen atoms in total. The van der Waals surface area contributed by atoms with Gasteiger partial charge in [-0.1, -0.05) is 0 Å². The molecular weight excluding hydrogens is 292 g/mol. The summed E-state index contributed by atoms with van der Waals surface area (Å²) >= 11 is 0. The number of fused-ring (bicyclic) bond motifs is 1. The van der Waals surface area contributed by atoms with Crippen molar-refractivity contribution in [2.45, 2.75) is 38.1 Å². The van der Waals surface area contributed by atoms with E-state index in [0.717, 1.165) is 49.2 Å². The van der Waals surface area contributed by atoms with Crippen molar-refractivity contribution in [2.24, 2.45) is 11.7 Å². The van der Waals surface area contributed by atoms with Crippen molar-refractivity contribution in [3.8, 4) is 0 Å². The summed E-state index contributed by atoms with van der Waals surface area (Å²) < 4.78 is 0. The monoisotopic (exact) mass is 316 g/mol. The Hall–Kier alpha value is -2.08. The van der Waals surface area contributed by atoms with Gasteiger partial charge in [0.15, 0.2) is 0 Å². The maximum absolute atomic E-state index is 12.1. The second kappa shape index (κ2) is 6.58. The predicted molar refractivity (Wildman–Crippen MR) is 90.5 cm³/mol. The third kappa shape index (κ3) is 3.47. The van der Waals surface area contributed by atoms with E-state index >= 15 is 0 Å². The second-order valence-corrected chi connectivity index (χ2v) is 6.52. The van der Waals surface area contributed by atoms with Gasteiger partial charge in [0.1, 0.15) is 0 Å². The van der Waals surface area contributed by atoms with Crippen LogP contribution >= 0.6 is 0 Å². The van der Waals surface area contributed by atoms with Crippen LogP contribution in [0.25, 0.3) is 0 Å². The van der Waals surface area contributed by atoms with E-state index in [1.807, 2.05) is 18.2 Å². The number of nitrogens with two attached hydrogens (primary N) is 1. The molecule has 0 unspecified atom stereocenters. The molecule has 4 N–H and O–H groups in total. The average Bonchev–Trinajstić information content (AvgIpc) is 2.82. The van der Waals surface area contributed by atoms with Gasteiger partial charge >= 0.3 is 6.03 Å². The van der Waals surface area contributed by atoms with Crippen LogP contribution in [0.3, 0.4) is 0 Å². The molecule has 1 aliphatic heterocycles. The molecule has 3 rings (SSSR count). The minimum absolute atomic E-state index is 0.0817. The molecule has 0 saturated heterocycles. The Kier molecular flexibility index (Phi) is 4.52. The average molecular weight is 316 g/mol. The van der Waals surface area contributed by atoms with Crippen molar-refractivity contribution in [1.29, 1.82) is 0 Å². The standard InChI is InChI=1S/C17H24N4O2/c1-21-15-7-6-14(8-12(15)9-16(21)22)20-17(23)19-13-4-2-11(10-18)3-5-13/h6-8,11,13H,2-5,9-10,18H2,1H3,(H2,19,20,23). The maximum Gasteiger partial charge on any atom is 0.319 e. The number of nitrogens with zero attached hydrogens (tertiary/aromatic N) is 1. The summed E-state index contributed by atoms with van der Waals surface area (Å²) in [5.41, 5.74) is 8.29. The second-order valence-electron chi connectivity index (χ2n) is 6.52. The first-order valence-electron chi connectivity index (χ1n) is 8.24. The van der Waals surface area contributed by atoms with Crippen LogP contribution in [0.1, 0.15) is 31.2 Å². The molecule has 1 fully saturated rings. The summed E-state index contributed by atoms with van der Waals surface area (Å²) in [5.74, 6) is 0.681. The van der Waals surface area contributed by atoms with Crippen molar-refractivity contribution in [1.82, 2.24) is 5.32 Å². The minimum atomic E-state index is -0.182. The van der Waals surface area contributed by atoms with Crippen molar-refractivity contribution < 1.29 is 9.59 Å². The van der Waals surface area contributed by atoms with Crippen molar-refractivity contribution in [2.75, 3.05) is 23.8 Å².